The average Bonchev–Trinajstić information content (AvgIpc) is 2.50. The van der Waals surface area contributed by atoms with Crippen molar-refractivity contribution in [1.82, 2.24) is 15.0 Å². The molecule has 0 aliphatic rings. The summed E-state index contributed by atoms with van der Waals surface area (Å²) in [5, 5.41) is 7.82. The number of halogens is 1. The first-order chi connectivity index (χ1) is 6.88. The predicted molar refractivity (Wildman–Crippen MR) is 60.0 cm³/mol. The van der Waals surface area contributed by atoms with Gasteiger partial charge in [-0.05, 0) is 27.7 Å². The van der Waals surface area contributed by atoms with Crippen molar-refractivity contribution in [2.45, 2.75) is 45.2 Å². The topological polar surface area (TPSA) is 39.9 Å². The molecule has 0 bridgehead atoms. The molecule has 0 aliphatic carbocycles. The van der Waals surface area contributed by atoms with Crippen LogP contribution in [-0.4, -0.2) is 27.2 Å². The van der Waals surface area contributed by atoms with E-state index in [0.29, 0.717) is 13.2 Å². The van der Waals surface area contributed by atoms with Gasteiger partial charge in [-0.2, -0.15) is 0 Å². The monoisotopic (exact) mass is 231 g/mol. The summed E-state index contributed by atoms with van der Waals surface area (Å²) >= 11 is 5.88. The van der Waals surface area contributed by atoms with Gasteiger partial charge in [-0.15, -0.1) is 16.7 Å². The Bertz CT molecular complexity index is 304. The summed E-state index contributed by atoms with van der Waals surface area (Å²) in [6, 6.07) is 0. The summed E-state index contributed by atoms with van der Waals surface area (Å²) < 4.78 is 7.33. The van der Waals surface area contributed by atoms with Crippen molar-refractivity contribution in [3.63, 3.8) is 0 Å². The highest BCUT2D eigenvalue weighted by Crippen LogP contribution is 2.15. The Balaban J connectivity index is 2.38. The van der Waals surface area contributed by atoms with Gasteiger partial charge in [0.25, 0.3) is 0 Å². The van der Waals surface area contributed by atoms with Gasteiger partial charge >= 0.3 is 0 Å². The summed E-state index contributed by atoms with van der Waals surface area (Å²) in [4.78, 5) is 0. The smallest absolute Gasteiger partial charge is 0.100 e. The number of aromatic nitrogens is 3. The zero-order chi connectivity index (χ0) is 11.5. The molecule has 0 fully saturated rings. The number of nitrogens with zero attached hydrogens (tertiary/aromatic N) is 3. The van der Waals surface area contributed by atoms with Gasteiger partial charge in [0, 0.05) is 0 Å². The lowest BCUT2D eigenvalue weighted by Crippen LogP contribution is -2.22. The van der Waals surface area contributed by atoms with E-state index < -0.39 is 0 Å². The Kier molecular flexibility index (Phi) is 4.11. The second kappa shape index (κ2) is 4.94. The molecule has 86 valence electrons. The lowest BCUT2D eigenvalue weighted by molar-refractivity contribution is -0.00805. The molecule has 1 rings (SSSR count). The van der Waals surface area contributed by atoms with Crippen LogP contribution in [0.5, 0.6) is 0 Å². The molecule has 1 aromatic heterocycles. The first kappa shape index (κ1) is 12.5. The van der Waals surface area contributed by atoms with E-state index >= 15 is 0 Å². The lowest BCUT2D eigenvalue weighted by atomic mass is 10.2. The van der Waals surface area contributed by atoms with Gasteiger partial charge < -0.3 is 4.74 Å². The minimum atomic E-state index is -0.108. The van der Waals surface area contributed by atoms with Gasteiger partial charge in [0.1, 0.15) is 5.69 Å². The van der Waals surface area contributed by atoms with Crippen molar-refractivity contribution in [2.75, 3.05) is 6.61 Å². The Morgan fingerprint density at radius 3 is 2.67 bits per heavy atom. The first-order valence-electron chi connectivity index (χ1n) is 5.06. The number of hydrogen-bond acceptors (Lipinski definition) is 3. The average molecular weight is 232 g/mol. The molecule has 1 heterocycles. The van der Waals surface area contributed by atoms with Gasteiger partial charge in [0.05, 0.1) is 30.3 Å². The molecule has 1 aromatic rings. The molecule has 0 spiro atoms. The minimum absolute atomic E-state index is 0.0951. The highest BCUT2D eigenvalue weighted by molar-refractivity contribution is 6.20. The molecule has 4 nitrogen and oxygen atoms in total. The maximum atomic E-state index is 5.88. The quantitative estimate of drug-likeness (QED) is 0.747. The van der Waals surface area contributed by atoms with E-state index in [9.17, 15) is 0 Å². The third-order valence-corrected chi connectivity index (χ3v) is 2.04. The summed E-state index contributed by atoms with van der Waals surface area (Å²) in [7, 11) is 0. The molecule has 0 N–H and O–H groups in total. The first-order valence-corrected chi connectivity index (χ1v) is 5.50. The predicted octanol–water partition coefficient (Wildman–Crippen LogP) is 2.39. The number of hydrogen-bond donors (Lipinski definition) is 0. The van der Waals surface area contributed by atoms with E-state index in [1.54, 1.807) is 4.68 Å². The van der Waals surface area contributed by atoms with Crippen molar-refractivity contribution in [2.24, 2.45) is 0 Å². The van der Waals surface area contributed by atoms with Crippen LogP contribution in [0.4, 0.5) is 0 Å². The van der Waals surface area contributed by atoms with Crippen LogP contribution in [0.15, 0.2) is 6.20 Å². The van der Waals surface area contributed by atoms with Crippen LogP contribution in [0.1, 0.15) is 38.8 Å². The summed E-state index contributed by atoms with van der Waals surface area (Å²) in [6.45, 7) is 9.29. The van der Waals surface area contributed by atoms with E-state index in [2.05, 4.69) is 10.3 Å². The van der Waals surface area contributed by atoms with E-state index in [1.807, 2.05) is 33.9 Å². The fourth-order valence-electron chi connectivity index (χ4n) is 1.05. The minimum Gasteiger partial charge on any atom is -0.374 e. The molecule has 0 saturated heterocycles. The van der Waals surface area contributed by atoms with Gasteiger partial charge in [-0.25, -0.2) is 4.68 Å². The van der Waals surface area contributed by atoms with Gasteiger partial charge in [0.2, 0.25) is 0 Å². The SMILES string of the molecule is CC(Cl)c1cn(CCOC(C)(C)C)nn1. The molecule has 1 unspecified atom stereocenters. The van der Waals surface area contributed by atoms with E-state index in [0.717, 1.165) is 5.69 Å². The maximum Gasteiger partial charge on any atom is 0.100 e. The van der Waals surface area contributed by atoms with Crippen molar-refractivity contribution in [3.8, 4) is 0 Å². The Labute approximate surface area is 95.6 Å². The largest absolute Gasteiger partial charge is 0.374 e. The maximum absolute atomic E-state index is 5.88. The fourth-order valence-corrected chi connectivity index (χ4v) is 1.15. The van der Waals surface area contributed by atoms with Crippen molar-refractivity contribution in [3.05, 3.63) is 11.9 Å². The lowest BCUT2D eigenvalue weighted by Gasteiger charge is -2.19. The second-order valence-corrected chi connectivity index (χ2v) is 5.14. The van der Waals surface area contributed by atoms with Crippen LogP contribution in [0.2, 0.25) is 0 Å². The fraction of sp³-hybridized carbons (Fsp3) is 0.800. The van der Waals surface area contributed by atoms with Gasteiger partial charge in [-0.1, -0.05) is 5.21 Å². The summed E-state index contributed by atoms with van der Waals surface area (Å²) in [6.07, 6.45) is 1.85. The molecule has 1 atom stereocenters. The van der Waals surface area contributed by atoms with Crippen LogP contribution < -0.4 is 0 Å². The molecule has 0 amide bonds. The van der Waals surface area contributed by atoms with E-state index in [4.69, 9.17) is 16.3 Å². The second-order valence-electron chi connectivity index (χ2n) is 4.48. The van der Waals surface area contributed by atoms with Crippen LogP contribution in [0, 0.1) is 0 Å². The van der Waals surface area contributed by atoms with Crippen molar-refractivity contribution >= 4 is 11.6 Å². The summed E-state index contributed by atoms with van der Waals surface area (Å²) in [5.74, 6) is 0. The zero-order valence-electron chi connectivity index (χ0n) is 9.70. The highest BCUT2D eigenvalue weighted by atomic mass is 35.5. The molecule has 0 aromatic carbocycles. The Hall–Kier alpha value is -0.610. The number of alkyl halides is 1. The molecule has 15 heavy (non-hydrogen) atoms. The Morgan fingerprint density at radius 2 is 2.20 bits per heavy atom. The van der Waals surface area contributed by atoms with Crippen molar-refractivity contribution < 1.29 is 4.74 Å². The highest BCUT2D eigenvalue weighted by Gasteiger charge is 2.10. The molecule has 0 radical (unpaired) electrons. The molecule has 5 heteroatoms. The number of ether oxygens (including phenoxy) is 1. The van der Waals surface area contributed by atoms with Gasteiger partial charge in [0.15, 0.2) is 0 Å². The normalized spacial score (nSPS) is 14.2. The van der Waals surface area contributed by atoms with E-state index in [1.165, 1.54) is 0 Å². The van der Waals surface area contributed by atoms with Crippen molar-refractivity contribution in [1.29, 1.82) is 0 Å². The number of rotatable bonds is 4. The molecule has 0 aliphatic heterocycles. The van der Waals surface area contributed by atoms with E-state index in [-0.39, 0.29) is 11.0 Å². The third-order valence-electron chi connectivity index (χ3n) is 1.82. The third kappa shape index (κ3) is 4.62. The standard InChI is InChI=1S/C10H18ClN3O/c1-8(11)9-7-14(13-12-9)5-6-15-10(2,3)4/h7-8H,5-6H2,1-4H3. The molecular weight excluding hydrogens is 214 g/mol. The zero-order valence-corrected chi connectivity index (χ0v) is 10.5. The van der Waals surface area contributed by atoms with Crippen LogP contribution in [0.3, 0.4) is 0 Å². The molecular formula is C10H18ClN3O. The van der Waals surface area contributed by atoms with Crippen LogP contribution in [-0.2, 0) is 11.3 Å². The Morgan fingerprint density at radius 1 is 1.53 bits per heavy atom. The van der Waals surface area contributed by atoms with Crippen LogP contribution in [0.25, 0.3) is 0 Å². The van der Waals surface area contributed by atoms with Gasteiger partial charge in [-0.3, -0.25) is 0 Å². The summed E-state index contributed by atoms with van der Waals surface area (Å²) in [5.41, 5.74) is 0.691. The van der Waals surface area contributed by atoms with Crippen LogP contribution >= 0.6 is 11.6 Å². The molecule has 0 saturated carbocycles.